The summed E-state index contributed by atoms with van der Waals surface area (Å²) in [5, 5.41) is 15.5. The zero-order chi connectivity index (χ0) is 11.8. The summed E-state index contributed by atoms with van der Waals surface area (Å²) < 4.78 is 1.11. The SMILES string of the molecule is C[C@H](O)CNCCNCc1cccc(Br)c1. The summed E-state index contributed by atoms with van der Waals surface area (Å²) in [6, 6.07) is 8.26. The number of benzene rings is 1. The van der Waals surface area contributed by atoms with Gasteiger partial charge in [0.05, 0.1) is 6.10 Å². The summed E-state index contributed by atoms with van der Waals surface area (Å²) in [6.45, 7) is 5.08. The van der Waals surface area contributed by atoms with Crippen molar-refractivity contribution in [3.05, 3.63) is 34.3 Å². The van der Waals surface area contributed by atoms with E-state index in [1.54, 1.807) is 6.92 Å². The Bertz CT molecular complexity index is 305. The molecule has 16 heavy (non-hydrogen) atoms. The van der Waals surface area contributed by atoms with Crippen molar-refractivity contribution in [2.75, 3.05) is 19.6 Å². The Balaban J connectivity index is 2.07. The molecule has 0 fully saturated rings. The molecule has 0 aliphatic carbocycles. The Kier molecular flexibility index (Phi) is 6.64. The van der Waals surface area contributed by atoms with Crippen molar-refractivity contribution >= 4 is 15.9 Å². The van der Waals surface area contributed by atoms with Gasteiger partial charge < -0.3 is 15.7 Å². The highest BCUT2D eigenvalue weighted by Crippen LogP contribution is 2.10. The molecule has 0 aromatic heterocycles. The van der Waals surface area contributed by atoms with E-state index in [2.05, 4.69) is 38.7 Å². The van der Waals surface area contributed by atoms with Crippen LogP contribution in [0.5, 0.6) is 0 Å². The van der Waals surface area contributed by atoms with Gasteiger partial charge in [0.2, 0.25) is 0 Å². The third kappa shape index (κ3) is 6.23. The first-order valence-electron chi connectivity index (χ1n) is 5.52. The molecule has 0 radical (unpaired) electrons. The molecule has 90 valence electrons. The van der Waals surface area contributed by atoms with Crippen LogP contribution in [0.4, 0.5) is 0 Å². The Morgan fingerprint density at radius 1 is 1.31 bits per heavy atom. The van der Waals surface area contributed by atoms with Crippen LogP contribution in [0.1, 0.15) is 12.5 Å². The van der Waals surface area contributed by atoms with Crippen LogP contribution >= 0.6 is 15.9 Å². The first-order chi connectivity index (χ1) is 7.68. The monoisotopic (exact) mass is 286 g/mol. The predicted molar refractivity (Wildman–Crippen MR) is 70.4 cm³/mol. The van der Waals surface area contributed by atoms with E-state index in [-0.39, 0.29) is 6.10 Å². The van der Waals surface area contributed by atoms with Crippen molar-refractivity contribution in [3.8, 4) is 0 Å². The molecule has 3 N–H and O–H groups in total. The summed E-state index contributed by atoms with van der Waals surface area (Å²) in [5.74, 6) is 0. The average molecular weight is 287 g/mol. The largest absolute Gasteiger partial charge is 0.392 e. The molecule has 4 heteroatoms. The van der Waals surface area contributed by atoms with Crippen LogP contribution in [-0.2, 0) is 6.54 Å². The molecule has 1 aromatic carbocycles. The Morgan fingerprint density at radius 3 is 2.75 bits per heavy atom. The number of aliphatic hydroxyl groups excluding tert-OH is 1. The van der Waals surface area contributed by atoms with Crippen LogP contribution in [0.2, 0.25) is 0 Å². The van der Waals surface area contributed by atoms with Crippen molar-refractivity contribution < 1.29 is 5.11 Å². The molecule has 0 aliphatic heterocycles. The van der Waals surface area contributed by atoms with Crippen LogP contribution < -0.4 is 10.6 Å². The second-order valence-electron chi connectivity index (χ2n) is 3.86. The fourth-order valence-electron chi connectivity index (χ4n) is 1.37. The van der Waals surface area contributed by atoms with Gasteiger partial charge in [-0.15, -0.1) is 0 Å². The summed E-state index contributed by atoms with van der Waals surface area (Å²) in [6.07, 6.45) is -0.273. The normalized spacial score (nSPS) is 12.7. The molecule has 0 unspecified atom stereocenters. The van der Waals surface area contributed by atoms with E-state index in [0.29, 0.717) is 6.54 Å². The minimum absolute atomic E-state index is 0.273. The number of halogens is 1. The lowest BCUT2D eigenvalue weighted by Crippen LogP contribution is -2.31. The van der Waals surface area contributed by atoms with Crippen LogP contribution in [-0.4, -0.2) is 30.8 Å². The standard InChI is InChI=1S/C12H19BrN2O/c1-10(16)8-14-5-6-15-9-11-3-2-4-12(13)7-11/h2-4,7,10,14-16H,5-6,8-9H2,1H3/t10-/m0/s1. The zero-order valence-electron chi connectivity index (χ0n) is 9.54. The van der Waals surface area contributed by atoms with Crippen LogP contribution in [0.3, 0.4) is 0 Å². The van der Waals surface area contributed by atoms with Gasteiger partial charge in [-0.2, -0.15) is 0 Å². The fourth-order valence-corrected chi connectivity index (χ4v) is 1.81. The third-order valence-corrected chi connectivity index (χ3v) is 2.63. The number of hydrogen-bond acceptors (Lipinski definition) is 3. The van der Waals surface area contributed by atoms with Crippen molar-refractivity contribution in [3.63, 3.8) is 0 Å². The highest BCUT2D eigenvalue weighted by molar-refractivity contribution is 9.10. The van der Waals surface area contributed by atoms with Gasteiger partial charge >= 0.3 is 0 Å². The van der Waals surface area contributed by atoms with Crippen molar-refractivity contribution in [2.24, 2.45) is 0 Å². The lowest BCUT2D eigenvalue weighted by atomic mass is 10.2. The zero-order valence-corrected chi connectivity index (χ0v) is 11.1. The van der Waals surface area contributed by atoms with E-state index < -0.39 is 0 Å². The molecular formula is C12H19BrN2O. The van der Waals surface area contributed by atoms with Crippen LogP contribution in [0.25, 0.3) is 0 Å². The Hall–Kier alpha value is -0.420. The minimum atomic E-state index is -0.273. The van der Waals surface area contributed by atoms with E-state index in [9.17, 15) is 0 Å². The van der Waals surface area contributed by atoms with E-state index in [1.807, 2.05) is 12.1 Å². The van der Waals surface area contributed by atoms with Gasteiger partial charge in [0.25, 0.3) is 0 Å². The topological polar surface area (TPSA) is 44.3 Å². The molecule has 0 saturated heterocycles. The number of rotatable bonds is 7. The molecule has 0 spiro atoms. The molecule has 0 amide bonds. The van der Waals surface area contributed by atoms with Crippen molar-refractivity contribution in [2.45, 2.75) is 19.6 Å². The summed E-state index contributed by atoms with van der Waals surface area (Å²) in [4.78, 5) is 0. The van der Waals surface area contributed by atoms with Crippen molar-refractivity contribution in [1.82, 2.24) is 10.6 Å². The van der Waals surface area contributed by atoms with Gasteiger partial charge in [-0.25, -0.2) is 0 Å². The molecule has 1 rings (SSSR count). The van der Waals surface area contributed by atoms with E-state index in [4.69, 9.17) is 5.11 Å². The highest BCUT2D eigenvalue weighted by Gasteiger charge is 1.95. The summed E-state index contributed by atoms with van der Waals surface area (Å²) in [5.41, 5.74) is 1.27. The van der Waals surface area contributed by atoms with Gasteiger partial charge in [-0.1, -0.05) is 28.1 Å². The molecule has 3 nitrogen and oxygen atoms in total. The van der Waals surface area contributed by atoms with Gasteiger partial charge in [-0.05, 0) is 24.6 Å². The third-order valence-electron chi connectivity index (χ3n) is 2.14. The second kappa shape index (κ2) is 7.79. The van der Waals surface area contributed by atoms with Gasteiger partial charge in [-0.3, -0.25) is 0 Å². The molecule has 0 saturated carbocycles. The molecular weight excluding hydrogens is 268 g/mol. The number of aliphatic hydroxyl groups is 1. The van der Waals surface area contributed by atoms with Gasteiger partial charge in [0.15, 0.2) is 0 Å². The first kappa shape index (κ1) is 13.6. The maximum atomic E-state index is 9.03. The highest BCUT2D eigenvalue weighted by atomic mass is 79.9. The number of nitrogens with one attached hydrogen (secondary N) is 2. The molecule has 0 heterocycles. The maximum Gasteiger partial charge on any atom is 0.0636 e. The van der Waals surface area contributed by atoms with Gasteiger partial charge in [0, 0.05) is 30.7 Å². The Morgan fingerprint density at radius 2 is 2.06 bits per heavy atom. The van der Waals surface area contributed by atoms with Crippen LogP contribution in [0.15, 0.2) is 28.7 Å². The van der Waals surface area contributed by atoms with E-state index in [0.717, 1.165) is 24.1 Å². The maximum absolute atomic E-state index is 9.03. The molecule has 0 bridgehead atoms. The Labute approximate surface area is 105 Å². The smallest absolute Gasteiger partial charge is 0.0636 e. The van der Waals surface area contributed by atoms with Crippen molar-refractivity contribution in [1.29, 1.82) is 0 Å². The second-order valence-corrected chi connectivity index (χ2v) is 4.78. The molecule has 1 aromatic rings. The summed E-state index contributed by atoms with van der Waals surface area (Å²) >= 11 is 3.44. The number of hydrogen-bond donors (Lipinski definition) is 3. The summed E-state index contributed by atoms with van der Waals surface area (Å²) in [7, 11) is 0. The van der Waals surface area contributed by atoms with E-state index >= 15 is 0 Å². The fraction of sp³-hybridized carbons (Fsp3) is 0.500. The first-order valence-corrected chi connectivity index (χ1v) is 6.31. The predicted octanol–water partition coefficient (Wildman–Crippen LogP) is 1.51. The van der Waals surface area contributed by atoms with Gasteiger partial charge in [0.1, 0.15) is 0 Å². The lowest BCUT2D eigenvalue weighted by Gasteiger charge is -2.08. The average Bonchev–Trinajstić information content (AvgIpc) is 2.23. The lowest BCUT2D eigenvalue weighted by molar-refractivity contribution is 0.191. The minimum Gasteiger partial charge on any atom is -0.392 e. The van der Waals surface area contributed by atoms with E-state index in [1.165, 1.54) is 5.56 Å². The molecule has 1 atom stereocenters. The molecule has 0 aliphatic rings. The quantitative estimate of drug-likeness (QED) is 0.666. The van der Waals surface area contributed by atoms with Crippen LogP contribution in [0, 0.1) is 0 Å².